The molecule has 2 fully saturated rings. The first-order valence-corrected chi connectivity index (χ1v) is 8.16. The van der Waals surface area contributed by atoms with Gasteiger partial charge in [0.25, 0.3) is 0 Å². The van der Waals surface area contributed by atoms with Gasteiger partial charge in [0.05, 0.1) is 5.69 Å². The number of nitrogens with zero attached hydrogens (tertiary/aromatic N) is 3. The highest BCUT2D eigenvalue weighted by atomic mass is 16.5. The van der Waals surface area contributed by atoms with E-state index in [1.54, 1.807) is 0 Å². The second-order valence-corrected chi connectivity index (χ2v) is 6.37. The minimum atomic E-state index is 0.235. The molecule has 0 saturated carbocycles. The summed E-state index contributed by atoms with van der Waals surface area (Å²) in [7, 11) is 0. The van der Waals surface area contributed by atoms with E-state index < -0.39 is 0 Å². The largest absolute Gasteiger partial charge is 0.361 e. The van der Waals surface area contributed by atoms with Crippen LogP contribution < -0.4 is 0 Å². The van der Waals surface area contributed by atoms with Crippen molar-refractivity contribution in [3.05, 3.63) is 17.5 Å². The number of carbonyl (C=O) groups is 1. The molecular weight excluding hydrogens is 266 g/mol. The number of hydrogen-bond acceptors (Lipinski definition) is 4. The van der Waals surface area contributed by atoms with Gasteiger partial charge in [-0.2, -0.15) is 0 Å². The van der Waals surface area contributed by atoms with Gasteiger partial charge in [0, 0.05) is 31.6 Å². The van der Waals surface area contributed by atoms with Crippen LogP contribution in [0.3, 0.4) is 0 Å². The van der Waals surface area contributed by atoms with Crippen LogP contribution in [0, 0.1) is 12.8 Å². The van der Waals surface area contributed by atoms with Crippen LogP contribution in [0.25, 0.3) is 0 Å². The molecule has 3 rings (SSSR count). The van der Waals surface area contributed by atoms with Gasteiger partial charge in [0.15, 0.2) is 0 Å². The van der Waals surface area contributed by atoms with E-state index in [1.807, 2.05) is 13.0 Å². The van der Waals surface area contributed by atoms with Crippen LogP contribution in [-0.2, 0) is 11.3 Å². The fourth-order valence-corrected chi connectivity index (χ4v) is 3.43. The van der Waals surface area contributed by atoms with Crippen molar-refractivity contribution in [1.29, 1.82) is 0 Å². The smallest absolute Gasteiger partial charge is 0.225 e. The molecule has 2 saturated heterocycles. The summed E-state index contributed by atoms with van der Waals surface area (Å²) in [6.07, 6.45) is 5.59. The Morgan fingerprint density at radius 2 is 1.95 bits per heavy atom. The molecule has 1 amide bonds. The first-order valence-electron chi connectivity index (χ1n) is 8.16. The van der Waals surface area contributed by atoms with Gasteiger partial charge in [0.1, 0.15) is 5.76 Å². The van der Waals surface area contributed by atoms with Gasteiger partial charge in [-0.3, -0.25) is 9.69 Å². The molecular formula is C16H25N3O2. The van der Waals surface area contributed by atoms with Crippen molar-refractivity contribution in [3.63, 3.8) is 0 Å². The Bertz CT molecular complexity index is 472. The number of carbonyl (C=O) groups excluding carboxylic acids is 1. The van der Waals surface area contributed by atoms with Crippen molar-refractivity contribution >= 4 is 5.91 Å². The third-order valence-electron chi connectivity index (χ3n) is 4.67. The Hall–Kier alpha value is -1.36. The molecule has 3 heterocycles. The molecule has 0 atom stereocenters. The highest BCUT2D eigenvalue weighted by Crippen LogP contribution is 2.22. The van der Waals surface area contributed by atoms with Crippen LogP contribution in [0.2, 0.25) is 0 Å². The zero-order valence-corrected chi connectivity index (χ0v) is 12.9. The van der Waals surface area contributed by atoms with Crippen molar-refractivity contribution in [2.24, 2.45) is 5.92 Å². The summed E-state index contributed by atoms with van der Waals surface area (Å²) in [5.41, 5.74) is 0.994. The minimum absolute atomic E-state index is 0.235. The van der Waals surface area contributed by atoms with Crippen LogP contribution in [0.15, 0.2) is 10.6 Å². The molecule has 2 aliphatic heterocycles. The zero-order chi connectivity index (χ0) is 14.7. The fourth-order valence-electron chi connectivity index (χ4n) is 3.43. The first-order chi connectivity index (χ1) is 10.2. The lowest BCUT2D eigenvalue weighted by Crippen LogP contribution is -2.44. The third-order valence-corrected chi connectivity index (χ3v) is 4.67. The number of aromatic nitrogens is 1. The van der Waals surface area contributed by atoms with Crippen LogP contribution >= 0.6 is 0 Å². The molecule has 0 N–H and O–H groups in total. The van der Waals surface area contributed by atoms with Crippen LogP contribution in [0.5, 0.6) is 0 Å². The summed E-state index contributed by atoms with van der Waals surface area (Å²) in [5, 5.41) is 4.05. The lowest BCUT2D eigenvalue weighted by atomic mass is 9.94. The van der Waals surface area contributed by atoms with Crippen molar-refractivity contribution in [2.45, 2.75) is 45.6 Å². The van der Waals surface area contributed by atoms with Gasteiger partial charge >= 0.3 is 0 Å². The van der Waals surface area contributed by atoms with Gasteiger partial charge in [-0.15, -0.1) is 0 Å². The Balaban J connectivity index is 1.47. The predicted molar refractivity (Wildman–Crippen MR) is 79.7 cm³/mol. The van der Waals surface area contributed by atoms with Gasteiger partial charge < -0.3 is 9.42 Å². The maximum absolute atomic E-state index is 12.5. The van der Waals surface area contributed by atoms with Gasteiger partial charge in [-0.05, 0) is 52.1 Å². The maximum atomic E-state index is 12.5. The van der Waals surface area contributed by atoms with E-state index in [2.05, 4.69) is 15.0 Å². The van der Waals surface area contributed by atoms with Crippen molar-refractivity contribution in [1.82, 2.24) is 15.0 Å². The normalized spacial score (nSPS) is 21.7. The molecule has 0 aliphatic carbocycles. The average Bonchev–Trinajstić information content (AvgIpc) is 2.93. The van der Waals surface area contributed by atoms with E-state index in [9.17, 15) is 4.79 Å². The molecule has 1 aromatic rings. The molecule has 1 aromatic heterocycles. The summed E-state index contributed by atoms with van der Waals surface area (Å²) in [4.78, 5) is 17.0. The Kier molecular flexibility index (Phi) is 4.58. The Morgan fingerprint density at radius 1 is 1.24 bits per heavy atom. The van der Waals surface area contributed by atoms with Crippen molar-refractivity contribution in [2.75, 3.05) is 26.2 Å². The summed E-state index contributed by atoms with van der Waals surface area (Å²) >= 11 is 0. The number of rotatable bonds is 3. The lowest BCUT2D eigenvalue weighted by molar-refractivity contribution is -0.138. The quantitative estimate of drug-likeness (QED) is 0.856. The van der Waals surface area contributed by atoms with Crippen molar-refractivity contribution in [3.8, 4) is 0 Å². The van der Waals surface area contributed by atoms with Gasteiger partial charge in [0.2, 0.25) is 5.91 Å². The monoisotopic (exact) mass is 291 g/mol. The van der Waals surface area contributed by atoms with Crippen molar-refractivity contribution < 1.29 is 9.32 Å². The third kappa shape index (κ3) is 3.64. The van der Waals surface area contributed by atoms with Gasteiger partial charge in [-0.1, -0.05) is 5.16 Å². The molecule has 5 nitrogen and oxygen atoms in total. The summed E-state index contributed by atoms with van der Waals surface area (Å²) in [5.74, 6) is 1.49. The number of aryl methyl sites for hydroxylation is 1. The van der Waals surface area contributed by atoms with Crippen LogP contribution in [0.1, 0.15) is 43.6 Å². The molecule has 0 aromatic carbocycles. The molecule has 116 valence electrons. The molecule has 0 unspecified atom stereocenters. The van der Waals surface area contributed by atoms with Crippen LogP contribution in [-0.4, -0.2) is 47.0 Å². The van der Waals surface area contributed by atoms with E-state index in [0.29, 0.717) is 5.91 Å². The summed E-state index contributed by atoms with van der Waals surface area (Å²) < 4.78 is 5.11. The summed E-state index contributed by atoms with van der Waals surface area (Å²) in [6.45, 7) is 6.66. The number of piperidine rings is 2. The van der Waals surface area contributed by atoms with E-state index in [-0.39, 0.29) is 5.92 Å². The van der Waals surface area contributed by atoms with E-state index in [1.165, 1.54) is 19.3 Å². The van der Waals surface area contributed by atoms with E-state index in [4.69, 9.17) is 4.52 Å². The molecule has 21 heavy (non-hydrogen) atoms. The van der Waals surface area contributed by atoms with E-state index >= 15 is 0 Å². The second kappa shape index (κ2) is 6.60. The zero-order valence-electron chi connectivity index (χ0n) is 12.9. The second-order valence-electron chi connectivity index (χ2n) is 6.37. The standard InChI is InChI=1S/C16H25N3O2/c1-13-11-15(17-21-13)12-18-9-5-14(6-10-18)16(20)19-7-3-2-4-8-19/h11,14H,2-10,12H2,1H3. The Morgan fingerprint density at radius 3 is 2.57 bits per heavy atom. The lowest BCUT2D eigenvalue weighted by Gasteiger charge is -2.35. The molecule has 0 spiro atoms. The number of amides is 1. The minimum Gasteiger partial charge on any atom is -0.361 e. The number of likely N-dealkylation sites (tertiary alicyclic amines) is 2. The Labute approximate surface area is 126 Å². The van der Waals surface area contributed by atoms with Crippen LogP contribution in [0.4, 0.5) is 0 Å². The van der Waals surface area contributed by atoms with E-state index in [0.717, 1.165) is 57.0 Å². The van der Waals surface area contributed by atoms with Gasteiger partial charge in [-0.25, -0.2) is 0 Å². The summed E-state index contributed by atoms with van der Waals surface area (Å²) in [6, 6.07) is 1.99. The topological polar surface area (TPSA) is 49.6 Å². The maximum Gasteiger partial charge on any atom is 0.225 e. The number of hydrogen-bond donors (Lipinski definition) is 0. The molecule has 5 heteroatoms. The average molecular weight is 291 g/mol. The molecule has 0 bridgehead atoms. The molecule has 0 radical (unpaired) electrons. The molecule has 2 aliphatic rings. The fraction of sp³-hybridized carbons (Fsp3) is 0.750. The SMILES string of the molecule is Cc1cc(CN2CCC(C(=O)N3CCCCC3)CC2)no1. The highest BCUT2D eigenvalue weighted by molar-refractivity contribution is 5.79. The predicted octanol–water partition coefficient (Wildman–Crippen LogP) is 2.21. The highest BCUT2D eigenvalue weighted by Gasteiger charge is 2.29. The first kappa shape index (κ1) is 14.6.